The number of hydrogen-bond donors (Lipinski definition) is 0. The summed E-state index contributed by atoms with van der Waals surface area (Å²) in [4.78, 5) is 0. The molecule has 14 heavy (non-hydrogen) atoms. The predicted octanol–water partition coefficient (Wildman–Crippen LogP) is 3.60. The maximum atomic E-state index is 11.9. The van der Waals surface area contributed by atoms with Crippen molar-refractivity contribution in [1.82, 2.24) is 0 Å². The molecule has 0 fully saturated rings. The molecule has 2 nitrogen and oxygen atoms in total. The van der Waals surface area contributed by atoms with Gasteiger partial charge in [-0.2, -0.15) is 8.78 Å². The molecule has 0 aliphatic heterocycles. The Morgan fingerprint density at radius 2 is 1.71 bits per heavy atom. The lowest BCUT2D eigenvalue weighted by Crippen LogP contribution is -2.03. The largest absolute Gasteiger partial charge is 0.497 e. The SMILES string of the molecule is COc1cc(Cl)c(OC(F)F)c(Cl)c1. The number of hydrogen-bond acceptors (Lipinski definition) is 2. The highest BCUT2D eigenvalue weighted by Crippen LogP contribution is 2.37. The molecule has 0 bridgehead atoms. The van der Waals surface area contributed by atoms with Gasteiger partial charge in [-0.1, -0.05) is 23.2 Å². The summed E-state index contributed by atoms with van der Waals surface area (Å²) >= 11 is 11.3. The van der Waals surface area contributed by atoms with E-state index in [1.54, 1.807) is 0 Å². The monoisotopic (exact) mass is 242 g/mol. The van der Waals surface area contributed by atoms with Gasteiger partial charge in [0.05, 0.1) is 17.2 Å². The molecule has 0 saturated carbocycles. The molecule has 0 N–H and O–H groups in total. The number of rotatable bonds is 3. The number of halogens is 4. The Balaban J connectivity index is 3.05. The van der Waals surface area contributed by atoms with Crippen LogP contribution >= 0.6 is 23.2 Å². The first-order valence-corrected chi connectivity index (χ1v) is 4.28. The molecular formula is C8H6Cl2F2O2. The molecule has 0 aliphatic rings. The van der Waals surface area contributed by atoms with Crippen LogP contribution in [0.2, 0.25) is 10.0 Å². The van der Waals surface area contributed by atoms with E-state index < -0.39 is 6.61 Å². The van der Waals surface area contributed by atoms with Crippen molar-refractivity contribution in [3.8, 4) is 11.5 Å². The van der Waals surface area contributed by atoms with Gasteiger partial charge in [0.2, 0.25) is 0 Å². The summed E-state index contributed by atoms with van der Waals surface area (Å²) in [7, 11) is 1.41. The van der Waals surface area contributed by atoms with E-state index in [4.69, 9.17) is 27.9 Å². The summed E-state index contributed by atoms with van der Waals surface area (Å²) in [6.07, 6.45) is 0. The molecule has 0 radical (unpaired) electrons. The van der Waals surface area contributed by atoms with Gasteiger partial charge >= 0.3 is 6.61 Å². The third kappa shape index (κ3) is 2.62. The van der Waals surface area contributed by atoms with Gasteiger partial charge in [-0.25, -0.2) is 0 Å². The highest BCUT2D eigenvalue weighted by molar-refractivity contribution is 6.37. The van der Waals surface area contributed by atoms with Gasteiger partial charge in [0, 0.05) is 12.1 Å². The van der Waals surface area contributed by atoms with E-state index in [9.17, 15) is 8.78 Å². The van der Waals surface area contributed by atoms with E-state index in [2.05, 4.69) is 4.74 Å². The Kier molecular flexibility index (Phi) is 3.77. The fourth-order valence-electron chi connectivity index (χ4n) is 0.856. The maximum Gasteiger partial charge on any atom is 0.387 e. The van der Waals surface area contributed by atoms with E-state index in [1.807, 2.05) is 0 Å². The lowest BCUT2D eigenvalue weighted by Gasteiger charge is -2.09. The summed E-state index contributed by atoms with van der Waals surface area (Å²) in [6, 6.07) is 2.68. The summed E-state index contributed by atoms with van der Waals surface area (Å²) in [5, 5.41) is -0.0377. The normalized spacial score (nSPS) is 10.4. The summed E-state index contributed by atoms with van der Waals surface area (Å²) in [5.41, 5.74) is 0. The quantitative estimate of drug-likeness (QED) is 0.807. The number of benzene rings is 1. The summed E-state index contributed by atoms with van der Waals surface area (Å²) in [6.45, 7) is -2.96. The molecule has 0 atom stereocenters. The minimum atomic E-state index is -2.96. The van der Waals surface area contributed by atoms with E-state index in [-0.39, 0.29) is 15.8 Å². The van der Waals surface area contributed by atoms with Gasteiger partial charge in [0.1, 0.15) is 5.75 Å². The molecule has 0 spiro atoms. The van der Waals surface area contributed by atoms with E-state index in [1.165, 1.54) is 19.2 Å². The molecule has 0 saturated heterocycles. The van der Waals surface area contributed by atoms with Crippen molar-refractivity contribution in [3.05, 3.63) is 22.2 Å². The third-order valence-corrected chi connectivity index (χ3v) is 1.98. The zero-order chi connectivity index (χ0) is 10.7. The molecule has 0 amide bonds. The Morgan fingerprint density at radius 1 is 1.21 bits per heavy atom. The Labute approximate surface area is 89.3 Å². The van der Waals surface area contributed by atoms with Crippen LogP contribution in [0.1, 0.15) is 0 Å². The van der Waals surface area contributed by atoms with Gasteiger partial charge in [-0.05, 0) is 0 Å². The van der Waals surface area contributed by atoms with Crippen molar-refractivity contribution < 1.29 is 18.3 Å². The lowest BCUT2D eigenvalue weighted by atomic mass is 10.3. The Morgan fingerprint density at radius 3 is 2.07 bits per heavy atom. The molecule has 0 unspecified atom stereocenters. The van der Waals surface area contributed by atoms with Crippen molar-refractivity contribution in [2.45, 2.75) is 6.61 Å². The van der Waals surface area contributed by atoms with Crippen LogP contribution < -0.4 is 9.47 Å². The predicted molar refractivity (Wildman–Crippen MR) is 49.6 cm³/mol. The van der Waals surface area contributed by atoms with Crippen LogP contribution in [0, 0.1) is 0 Å². The average Bonchev–Trinajstić information content (AvgIpc) is 2.10. The number of methoxy groups -OCH3 is 1. The van der Waals surface area contributed by atoms with Gasteiger partial charge in [-0.3, -0.25) is 0 Å². The van der Waals surface area contributed by atoms with Gasteiger partial charge in [-0.15, -0.1) is 0 Å². The molecule has 1 aromatic carbocycles. The molecule has 6 heteroatoms. The minimum Gasteiger partial charge on any atom is -0.497 e. The second-order valence-corrected chi connectivity index (χ2v) is 3.11. The lowest BCUT2D eigenvalue weighted by molar-refractivity contribution is -0.0497. The van der Waals surface area contributed by atoms with Crippen molar-refractivity contribution in [2.24, 2.45) is 0 Å². The fraction of sp³-hybridized carbons (Fsp3) is 0.250. The van der Waals surface area contributed by atoms with Crippen LogP contribution in [0.4, 0.5) is 8.78 Å². The van der Waals surface area contributed by atoms with Crippen molar-refractivity contribution in [1.29, 1.82) is 0 Å². The number of ether oxygens (including phenoxy) is 2. The van der Waals surface area contributed by atoms with E-state index in [0.29, 0.717) is 5.75 Å². The summed E-state index contributed by atoms with van der Waals surface area (Å²) < 4.78 is 32.7. The van der Waals surface area contributed by atoms with E-state index >= 15 is 0 Å². The van der Waals surface area contributed by atoms with Crippen molar-refractivity contribution >= 4 is 23.2 Å². The second kappa shape index (κ2) is 4.66. The zero-order valence-corrected chi connectivity index (χ0v) is 8.57. The first kappa shape index (κ1) is 11.3. The van der Waals surface area contributed by atoms with Crippen LogP contribution in [-0.2, 0) is 0 Å². The molecule has 0 aliphatic carbocycles. The average molecular weight is 243 g/mol. The standard InChI is InChI=1S/C8H6Cl2F2O2/c1-13-4-2-5(9)7(6(10)3-4)14-8(11)12/h2-3,8H,1H3. The van der Waals surface area contributed by atoms with Crippen LogP contribution in [-0.4, -0.2) is 13.7 Å². The molecule has 0 aromatic heterocycles. The Hall–Kier alpha value is -0.740. The van der Waals surface area contributed by atoms with Crippen LogP contribution in [0.25, 0.3) is 0 Å². The second-order valence-electron chi connectivity index (χ2n) is 2.30. The van der Waals surface area contributed by atoms with Gasteiger partial charge in [0.15, 0.2) is 5.75 Å². The summed E-state index contributed by atoms with van der Waals surface area (Å²) in [5.74, 6) is 0.130. The highest BCUT2D eigenvalue weighted by Gasteiger charge is 2.14. The first-order valence-electron chi connectivity index (χ1n) is 3.52. The number of alkyl halides is 2. The van der Waals surface area contributed by atoms with Crippen LogP contribution in [0.15, 0.2) is 12.1 Å². The van der Waals surface area contributed by atoms with Crippen molar-refractivity contribution in [2.75, 3.05) is 7.11 Å². The zero-order valence-electron chi connectivity index (χ0n) is 7.06. The van der Waals surface area contributed by atoms with E-state index in [0.717, 1.165) is 0 Å². The molecule has 78 valence electrons. The highest BCUT2D eigenvalue weighted by atomic mass is 35.5. The topological polar surface area (TPSA) is 18.5 Å². The smallest absolute Gasteiger partial charge is 0.387 e. The van der Waals surface area contributed by atoms with Crippen LogP contribution in [0.3, 0.4) is 0 Å². The third-order valence-electron chi connectivity index (χ3n) is 1.41. The Bertz CT molecular complexity index is 308. The molecule has 1 rings (SSSR count). The maximum absolute atomic E-state index is 11.9. The van der Waals surface area contributed by atoms with Crippen molar-refractivity contribution in [3.63, 3.8) is 0 Å². The fourth-order valence-corrected chi connectivity index (χ4v) is 1.41. The van der Waals surface area contributed by atoms with Crippen LogP contribution in [0.5, 0.6) is 11.5 Å². The van der Waals surface area contributed by atoms with Gasteiger partial charge < -0.3 is 9.47 Å². The molecular weight excluding hydrogens is 237 g/mol. The minimum absolute atomic E-state index is 0.0188. The molecule has 1 aromatic rings. The first-order chi connectivity index (χ1) is 6.54. The molecule has 0 heterocycles. The van der Waals surface area contributed by atoms with Gasteiger partial charge in [0.25, 0.3) is 0 Å².